The van der Waals surface area contributed by atoms with Crippen molar-refractivity contribution in [1.82, 2.24) is 19.6 Å². The van der Waals surface area contributed by atoms with Crippen molar-refractivity contribution in [1.29, 1.82) is 0 Å². The van der Waals surface area contributed by atoms with Crippen molar-refractivity contribution in [2.45, 2.75) is 31.3 Å². The maximum absolute atomic E-state index is 12.0. The van der Waals surface area contributed by atoms with Crippen molar-refractivity contribution < 1.29 is 9.53 Å². The highest BCUT2D eigenvalue weighted by atomic mass is 35.5. The monoisotopic (exact) mass is 542 g/mol. The van der Waals surface area contributed by atoms with Gasteiger partial charge in [0, 0.05) is 42.8 Å². The third kappa shape index (κ3) is 6.35. The van der Waals surface area contributed by atoms with E-state index in [1.165, 1.54) is 16.0 Å². The van der Waals surface area contributed by atoms with Gasteiger partial charge in [-0.25, -0.2) is 0 Å². The Morgan fingerprint density at radius 2 is 1.56 bits per heavy atom. The molecule has 1 fully saturated rings. The van der Waals surface area contributed by atoms with E-state index in [0.717, 1.165) is 43.7 Å². The number of ether oxygens (including phenoxy) is 1. The Morgan fingerprint density at radius 3 is 2.18 bits per heavy atom. The van der Waals surface area contributed by atoms with Crippen molar-refractivity contribution in [2.24, 2.45) is 0 Å². The van der Waals surface area contributed by atoms with Crippen LogP contribution in [0, 0.1) is 0 Å². The standard InChI is InChI=1S/C32H35ClN4O2/c1-35(2)31(38)24-39-30-21-28(33)14-13-25(30)22-37-18-15-29(34-37)23-36-19-16-32(17-20-36,26-9-5-3-6-10-26)27-11-7-4-8-12-27/h3-15,18,21H,16-17,19-20,22-24H2,1-2H3. The minimum atomic E-state index is -0.104. The Bertz CT molecular complexity index is 1340. The van der Waals surface area contributed by atoms with E-state index >= 15 is 0 Å². The number of carbonyl (C=O) groups is 1. The van der Waals surface area contributed by atoms with E-state index in [0.29, 0.717) is 17.3 Å². The van der Waals surface area contributed by atoms with Gasteiger partial charge in [0.15, 0.2) is 6.61 Å². The number of halogens is 1. The van der Waals surface area contributed by atoms with Crippen LogP contribution >= 0.6 is 11.6 Å². The molecule has 202 valence electrons. The molecule has 0 spiro atoms. The first-order valence-electron chi connectivity index (χ1n) is 13.4. The molecule has 6 nitrogen and oxygen atoms in total. The zero-order valence-electron chi connectivity index (χ0n) is 22.6. The number of likely N-dealkylation sites (tertiary alicyclic amines) is 1. The molecule has 2 heterocycles. The average molecular weight is 543 g/mol. The maximum atomic E-state index is 12.0. The van der Waals surface area contributed by atoms with Crippen LogP contribution in [0.3, 0.4) is 0 Å². The van der Waals surface area contributed by atoms with E-state index in [-0.39, 0.29) is 17.9 Å². The van der Waals surface area contributed by atoms with Gasteiger partial charge in [-0.05, 0) is 55.3 Å². The molecule has 1 aliphatic rings. The van der Waals surface area contributed by atoms with Crippen molar-refractivity contribution in [3.63, 3.8) is 0 Å². The topological polar surface area (TPSA) is 50.6 Å². The third-order valence-corrected chi connectivity index (χ3v) is 7.89. The van der Waals surface area contributed by atoms with Crippen LogP contribution in [0.15, 0.2) is 91.1 Å². The quantitative estimate of drug-likeness (QED) is 0.275. The van der Waals surface area contributed by atoms with Crippen LogP contribution in [0.4, 0.5) is 0 Å². The van der Waals surface area contributed by atoms with Crippen LogP contribution < -0.4 is 4.74 Å². The van der Waals surface area contributed by atoms with Gasteiger partial charge in [-0.15, -0.1) is 0 Å². The predicted octanol–water partition coefficient (Wildman–Crippen LogP) is 5.63. The molecule has 3 aromatic carbocycles. The lowest BCUT2D eigenvalue weighted by atomic mass is 9.68. The molecule has 5 rings (SSSR count). The lowest BCUT2D eigenvalue weighted by molar-refractivity contribution is -0.130. The number of carbonyl (C=O) groups excluding carboxylic acids is 1. The number of hydrogen-bond donors (Lipinski definition) is 0. The smallest absolute Gasteiger partial charge is 0.259 e. The minimum Gasteiger partial charge on any atom is -0.483 e. The number of aromatic nitrogens is 2. The summed E-state index contributed by atoms with van der Waals surface area (Å²) in [5.41, 5.74) is 4.80. The molecule has 1 amide bonds. The van der Waals surface area contributed by atoms with Gasteiger partial charge in [0.25, 0.3) is 5.91 Å². The molecular formula is C32H35ClN4O2. The fourth-order valence-corrected chi connectivity index (χ4v) is 5.56. The van der Waals surface area contributed by atoms with Gasteiger partial charge in [0.2, 0.25) is 0 Å². The summed E-state index contributed by atoms with van der Waals surface area (Å²) in [6.45, 7) is 3.33. The molecule has 0 unspecified atom stereocenters. The Balaban J connectivity index is 1.24. The fraction of sp³-hybridized carbons (Fsp3) is 0.312. The van der Waals surface area contributed by atoms with Crippen LogP contribution in [-0.2, 0) is 23.3 Å². The lowest BCUT2D eigenvalue weighted by Gasteiger charge is -2.42. The molecule has 0 saturated carbocycles. The SMILES string of the molecule is CN(C)C(=O)COc1cc(Cl)ccc1Cn1ccc(CN2CCC(c3ccccc3)(c3ccccc3)CC2)n1. The molecule has 1 aliphatic heterocycles. The summed E-state index contributed by atoms with van der Waals surface area (Å²) < 4.78 is 7.73. The van der Waals surface area contributed by atoms with Gasteiger partial charge in [0.05, 0.1) is 12.2 Å². The summed E-state index contributed by atoms with van der Waals surface area (Å²) in [5.74, 6) is 0.497. The van der Waals surface area contributed by atoms with E-state index in [9.17, 15) is 4.79 Å². The molecule has 0 bridgehead atoms. The van der Waals surface area contributed by atoms with E-state index in [1.807, 2.05) is 23.0 Å². The summed E-state index contributed by atoms with van der Waals surface area (Å²) in [7, 11) is 3.42. The van der Waals surface area contributed by atoms with E-state index in [1.54, 1.807) is 20.2 Å². The lowest BCUT2D eigenvalue weighted by Crippen LogP contribution is -2.43. The molecule has 0 aliphatic carbocycles. The highest BCUT2D eigenvalue weighted by Gasteiger charge is 2.37. The van der Waals surface area contributed by atoms with E-state index in [2.05, 4.69) is 71.6 Å². The molecule has 0 radical (unpaired) electrons. The van der Waals surface area contributed by atoms with Gasteiger partial charge in [-0.2, -0.15) is 5.10 Å². The van der Waals surface area contributed by atoms with Crippen LogP contribution in [-0.4, -0.2) is 59.3 Å². The summed E-state index contributed by atoms with van der Waals surface area (Å²) in [4.78, 5) is 16.0. The van der Waals surface area contributed by atoms with Crippen molar-refractivity contribution in [2.75, 3.05) is 33.8 Å². The van der Waals surface area contributed by atoms with E-state index < -0.39 is 0 Å². The van der Waals surface area contributed by atoms with Crippen molar-refractivity contribution in [3.8, 4) is 5.75 Å². The Hall–Kier alpha value is -3.61. The number of piperidine rings is 1. The number of nitrogens with zero attached hydrogens (tertiary/aromatic N) is 4. The summed E-state index contributed by atoms with van der Waals surface area (Å²) in [6, 6.07) is 29.5. The summed E-state index contributed by atoms with van der Waals surface area (Å²) in [5, 5.41) is 5.42. The zero-order chi connectivity index (χ0) is 27.2. The first-order valence-corrected chi connectivity index (χ1v) is 13.8. The zero-order valence-corrected chi connectivity index (χ0v) is 23.3. The van der Waals surface area contributed by atoms with Gasteiger partial charge >= 0.3 is 0 Å². The molecule has 0 N–H and O–H groups in total. The molecule has 1 saturated heterocycles. The molecule has 7 heteroatoms. The van der Waals surface area contributed by atoms with Crippen LogP contribution in [0.5, 0.6) is 5.75 Å². The minimum absolute atomic E-state index is 0.0346. The Labute approximate surface area is 235 Å². The van der Waals surface area contributed by atoms with Crippen LogP contribution in [0.25, 0.3) is 0 Å². The summed E-state index contributed by atoms with van der Waals surface area (Å²) in [6.07, 6.45) is 4.14. The molecular weight excluding hydrogens is 508 g/mol. The van der Waals surface area contributed by atoms with Crippen LogP contribution in [0.2, 0.25) is 5.02 Å². The summed E-state index contributed by atoms with van der Waals surface area (Å²) >= 11 is 6.21. The number of amides is 1. The number of hydrogen-bond acceptors (Lipinski definition) is 4. The van der Waals surface area contributed by atoms with Gasteiger partial charge < -0.3 is 9.64 Å². The van der Waals surface area contributed by atoms with Crippen molar-refractivity contribution >= 4 is 17.5 Å². The maximum Gasteiger partial charge on any atom is 0.259 e. The van der Waals surface area contributed by atoms with Gasteiger partial charge in [0.1, 0.15) is 5.75 Å². The number of benzene rings is 3. The first-order chi connectivity index (χ1) is 18.9. The largest absolute Gasteiger partial charge is 0.483 e. The van der Waals surface area contributed by atoms with E-state index in [4.69, 9.17) is 21.4 Å². The van der Waals surface area contributed by atoms with Gasteiger partial charge in [-0.3, -0.25) is 14.4 Å². The molecule has 4 aromatic rings. The second-order valence-electron chi connectivity index (χ2n) is 10.4. The highest BCUT2D eigenvalue weighted by molar-refractivity contribution is 6.30. The molecule has 0 atom stereocenters. The highest BCUT2D eigenvalue weighted by Crippen LogP contribution is 2.41. The second kappa shape index (κ2) is 12.1. The predicted molar refractivity (Wildman–Crippen MR) is 155 cm³/mol. The molecule has 39 heavy (non-hydrogen) atoms. The fourth-order valence-electron chi connectivity index (χ4n) is 5.39. The Morgan fingerprint density at radius 1 is 0.923 bits per heavy atom. The second-order valence-corrected chi connectivity index (χ2v) is 10.9. The third-order valence-electron chi connectivity index (χ3n) is 7.66. The average Bonchev–Trinajstić information content (AvgIpc) is 3.41. The van der Waals surface area contributed by atoms with Gasteiger partial charge in [-0.1, -0.05) is 78.3 Å². The first kappa shape index (κ1) is 27.0. The molecule has 1 aromatic heterocycles. The Kier molecular flexibility index (Phi) is 8.34. The number of rotatable bonds is 9. The van der Waals surface area contributed by atoms with Crippen molar-refractivity contribution in [3.05, 3.63) is 119 Å². The number of likely N-dealkylation sites (N-methyl/N-ethyl adjacent to an activating group) is 1. The van der Waals surface area contributed by atoms with Crippen LogP contribution in [0.1, 0.15) is 35.2 Å². The normalized spacial score (nSPS) is 15.2.